The van der Waals surface area contributed by atoms with E-state index in [4.69, 9.17) is 16.2 Å². The number of nitrogens with two attached hydrogens (primary N) is 2. The van der Waals surface area contributed by atoms with E-state index < -0.39 is 11.9 Å². The minimum Gasteiger partial charge on any atom is -0.491 e. The second kappa shape index (κ2) is 4.47. The van der Waals surface area contributed by atoms with Gasteiger partial charge in [-0.05, 0) is 12.1 Å². The summed E-state index contributed by atoms with van der Waals surface area (Å²) in [6.07, 6.45) is 0. The van der Waals surface area contributed by atoms with Crippen molar-refractivity contribution in [3.05, 3.63) is 30.3 Å². The summed E-state index contributed by atoms with van der Waals surface area (Å²) in [7, 11) is 0. The molecule has 0 spiro atoms. The number of hydrogen-bond acceptors (Lipinski definition) is 3. The average Bonchev–Trinajstić information content (AvgIpc) is 2.15. The molecule has 4 nitrogen and oxygen atoms in total. The first-order valence-corrected chi connectivity index (χ1v) is 3.93. The SMILES string of the molecule is NC(=O)C(N)COc1ccccc1. The summed E-state index contributed by atoms with van der Waals surface area (Å²) >= 11 is 0. The van der Waals surface area contributed by atoms with Crippen LogP contribution in [0.1, 0.15) is 0 Å². The third kappa shape index (κ3) is 3.13. The van der Waals surface area contributed by atoms with Crippen LogP contribution in [0.25, 0.3) is 0 Å². The zero-order valence-corrected chi connectivity index (χ0v) is 7.14. The van der Waals surface area contributed by atoms with Gasteiger partial charge in [0.1, 0.15) is 18.4 Å². The maximum Gasteiger partial charge on any atom is 0.237 e. The first-order valence-electron chi connectivity index (χ1n) is 3.93. The van der Waals surface area contributed by atoms with E-state index in [0.29, 0.717) is 5.75 Å². The number of ether oxygens (including phenoxy) is 1. The van der Waals surface area contributed by atoms with Gasteiger partial charge in [-0.3, -0.25) is 4.79 Å². The molecule has 0 aromatic heterocycles. The molecule has 1 rings (SSSR count). The molecule has 0 fully saturated rings. The van der Waals surface area contributed by atoms with E-state index >= 15 is 0 Å². The van der Waals surface area contributed by atoms with Gasteiger partial charge in [-0.1, -0.05) is 18.2 Å². The zero-order chi connectivity index (χ0) is 9.68. The van der Waals surface area contributed by atoms with E-state index in [1.54, 1.807) is 12.1 Å². The molecule has 1 aromatic carbocycles. The lowest BCUT2D eigenvalue weighted by Crippen LogP contribution is -2.41. The smallest absolute Gasteiger partial charge is 0.237 e. The average molecular weight is 180 g/mol. The molecule has 4 heteroatoms. The monoisotopic (exact) mass is 180 g/mol. The molecule has 0 aliphatic carbocycles. The van der Waals surface area contributed by atoms with Crippen LogP contribution in [0.2, 0.25) is 0 Å². The molecule has 0 heterocycles. The molecule has 1 atom stereocenters. The molecule has 4 N–H and O–H groups in total. The lowest BCUT2D eigenvalue weighted by molar-refractivity contribution is -0.119. The predicted octanol–water partition coefficient (Wildman–Crippen LogP) is -0.122. The molecule has 0 bridgehead atoms. The standard InChI is InChI=1S/C9H12N2O2/c10-8(9(11)12)6-13-7-4-2-1-3-5-7/h1-5,8H,6,10H2,(H2,11,12). The Balaban J connectivity index is 2.39. The fourth-order valence-corrected chi connectivity index (χ4v) is 0.785. The largest absolute Gasteiger partial charge is 0.491 e. The summed E-state index contributed by atoms with van der Waals surface area (Å²) in [5.74, 6) is 0.120. The lowest BCUT2D eigenvalue weighted by atomic mass is 10.3. The van der Waals surface area contributed by atoms with E-state index in [2.05, 4.69) is 0 Å². The maximum absolute atomic E-state index is 10.5. The van der Waals surface area contributed by atoms with Crippen LogP contribution in [0.3, 0.4) is 0 Å². The maximum atomic E-state index is 10.5. The fourth-order valence-electron chi connectivity index (χ4n) is 0.785. The van der Waals surface area contributed by atoms with Gasteiger partial charge in [0.25, 0.3) is 0 Å². The summed E-state index contributed by atoms with van der Waals surface area (Å²) in [6, 6.07) is 8.37. The zero-order valence-electron chi connectivity index (χ0n) is 7.14. The summed E-state index contributed by atoms with van der Waals surface area (Å²) in [5.41, 5.74) is 10.3. The number of carbonyl (C=O) groups excluding carboxylic acids is 1. The van der Waals surface area contributed by atoms with Crippen molar-refractivity contribution in [1.29, 1.82) is 0 Å². The van der Waals surface area contributed by atoms with Crippen molar-refractivity contribution in [1.82, 2.24) is 0 Å². The van der Waals surface area contributed by atoms with Gasteiger partial charge in [0.05, 0.1) is 0 Å². The molecule has 1 aromatic rings. The second-order valence-corrected chi connectivity index (χ2v) is 2.63. The van der Waals surface area contributed by atoms with Crippen molar-refractivity contribution in [2.24, 2.45) is 11.5 Å². The van der Waals surface area contributed by atoms with Gasteiger partial charge >= 0.3 is 0 Å². The minimum atomic E-state index is -0.750. The van der Waals surface area contributed by atoms with Crippen molar-refractivity contribution < 1.29 is 9.53 Å². The van der Waals surface area contributed by atoms with E-state index in [9.17, 15) is 4.79 Å². The van der Waals surface area contributed by atoms with Gasteiger partial charge in [0, 0.05) is 0 Å². The van der Waals surface area contributed by atoms with Gasteiger partial charge in [-0.2, -0.15) is 0 Å². The van der Waals surface area contributed by atoms with Gasteiger partial charge in [-0.15, -0.1) is 0 Å². The second-order valence-electron chi connectivity index (χ2n) is 2.63. The van der Waals surface area contributed by atoms with Crippen molar-refractivity contribution >= 4 is 5.91 Å². The first-order chi connectivity index (χ1) is 6.20. The Bertz CT molecular complexity index is 274. The number of para-hydroxylation sites is 1. The van der Waals surface area contributed by atoms with E-state index in [-0.39, 0.29) is 6.61 Å². The van der Waals surface area contributed by atoms with Crippen LogP contribution in [-0.4, -0.2) is 18.6 Å². The summed E-state index contributed by atoms with van der Waals surface area (Å²) in [6.45, 7) is 0.110. The third-order valence-electron chi connectivity index (χ3n) is 1.54. The van der Waals surface area contributed by atoms with Gasteiger partial charge in [-0.25, -0.2) is 0 Å². The van der Waals surface area contributed by atoms with Crippen LogP contribution in [0, 0.1) is 0 Å². The first kappa shape index (κ1) is 9.54. The molecular weight excluding hydrogens is 168 g/mol. The Morgan fingerprint density at radius 3 is 2.54 bits per heavy atom. The molecule has 0 radical (unpaired) electrons. The quantitative estimate of drug-likeness (QED) is 0.678. The van der Waals surface area contributed by atoms with Crippen molar-refractivity contribution in [2.75, 3.05) is 6.61 Å². The Hall–Kier alpha value is -1.55. The van der Waals surface area contributed by atoms with E-state index in [1.807, 2.05) is 18.2 Å². The van der Waals surface area contributed by atoms with Crippen LogP contribution in [0.5, 0.6) is 5.75 Å². The van der Waals surface area contributed by atoms with Crippen LogP contribution >= 0.6 is 0 Å². The number of primary amides is 1. The number of amides is 1. The highest BCUT2D eigenvalue weighted by Gasteiger charge is 2.08. The topological polar surface area (TPSA) is 78.3 Å². The van der Waals surface area contributed by atoms with Gasteiger partial charge < -0.3 is 16.2 Å². The Kier molecular flexibility index (Phi) is 3.28. The van der Waals surface area contributed by atoms with Gasteiger partial charge in [0.2, 0.25) is 5.91 Å². The molecule has 0 aliphatic heterocycles. The normalized spacial score (nSPS) is 12.1. The molecule has 0 saturated heterocycles. The lowest BCUT2D eigenvalue weighted by Gasteiger charge is -2.09. The summed E-state index contributed by atoms with van der Waals surface area (Å²) < 4.78 is 5.20. The van der Waals surface area contributed by atoms with Crippen LogP contribution in [0.15, 0.2) is 30.3 Å². The molecule has 1 unspecified atom stereocenters. The summed E-state index contributed by atoms with van der Waals surface area (Å²) in [5, 5.41) is 0. The Morgan fingerprint density at radius 2 is 2.00 bits per heavy atom. The highest BCUT2D eigenvalue weighted by molar-refractivity contribution is 5.79. The van der Waals surface area contributed by atoms with Gasteiger partial charge in [0.15, 0.2) is 0 Å². The Labute approximate surface area is 76.5 Å². The molecule has 0 saturated carbocycles. The number of rotatable bonds is 4. The van der Waals surface area contributed by atoms with Crippen molar-refractivity contribution in [3.8, 4) is 5.75 Å². The highest BCUT2D eigenvalue weighted by Crippen LogP contribution is 2.07. The number of hydrogen-bond donors (Lipinski definition) is 2. The van der Waals surface area contributed by atoms with Crippen LogP contribution in [-0.2, 0) is 4.79 Å². The Morgan fingerprint density at radius 1 is 1.38 bits per heavy atom. The van der Waals surface area contributed by atoms with E-state index in [1.165, 1.54) is 0 Å². The van der Waals surface area contributed by atoms with E-state index in [0.717, 1.165) is 0 Å². The molecule has 1 amide bonds. The van der Waals surface area contributed by atoms with Crippen molar-refractivity contribution in [3.63, 3.8) is 0 Å². The number of benzene rings is 1. The van der Waals surface area contributed by atoms with Crippen molar-refractivity contribution in [2.45, 2.75) is 6.04 Å². The highest BCUT2D eigenvalue weighted by atomic mass is 16.5. The molecule has 70 valence electrons. The van der Waals surface area contributed by atoms with Crippen LogP contribution < -0.4 is 16.2 Å². The summed E-state index contributed by atoms with van der Waals surface area (Å²) in [4.78, 5) is 10.5. The molecule has 13 heavy (non-hydrogen) atoms. The number of carbonyl (C=O) groups is 1. The van der Waals surface area contributed by atoms with Crippen LogP contribution in [0.4, 0.5) is 0 Å². The minimum absolute atomic E-state index is 0.110. The molecular formula is C9H12N2O2. The molecule has 0 aliphatic rings. The predicted molar refractivity (Wildman–Crippen MR) is 49.1 cm³/mol. The third-order valence-corrected chi connectivity index (χ3v) is 1.54. The fraction of sp³-hybridized carbons (Fsp3) is 0.222.